The number of aryl methyl sites for hydroxylation is 1. The Morgan fingerprint density at radius 3 is 3.05 bits per heavy atom. The van der Waals surface area contributed by atoms with Gasteiger partial charge in [0.1, 0.15) is 5.82 Å². The maximum Gasteiger partial charge on any atom is 0.192 e. The standard InChI is InChI=1S/C12H8BrN5S/c1-7-15-11-9-6-8(13)2-3-10(9)16-12(18(11)17-7)19-5-4-14/h2-3,6H,5H2,1H3. The second-order valence-corrected chi connectivity index (χ2v) is 5.76. The Kier molecular flexibility index (Phi) is 3.12. The van der Waals surface area contributed by atoms with Gasteiger partial charge in [-0.15, -0.1) is 5.10 Å². The van der Waals surface area contributed by atoms with E-state index in [1.807, 2.05) is 25.1 Å². The van der Waals surface area contributed by atoms with Gasteiger partial charge in [0.2, 0.25) is 0 Å². The molecular formula is C12H8BrN5S. The molecule has 0 radical (unpaired) electrons. The number of hydrogen-bond acceptors (Lipinski definition) is 5. The van der Waals surface area contributed by atoms with Crippen LogP contribution in [0.25, 0.3) is 16.6 Å². The molecule has 1 aromatic carbocycles. The summed E-state index contributed by atoms with van der Waals surface area (Å²) in [5.41, 5.74) is 1.62. The van der Waals surface area contributed by atoms with Crippen molar-refractivity contribution in [3.63, 3.8) is 0 Å². The Labute approximate surface area is 121 Å². The summed E-state index contributed by atoms with van der Waals surface area (Å²) in [4.78, 5) is 8.99. The normalized spacial score (nSPS) is 11.0. The SMILES string of the molecule is Cc1nc2c3cc(Br)ccc3nc(SCC#N)n2n1. The molecule has 0 aliphatic carbocycles. The number of benzene rings is 1. The number of fused-ring (bicyclic) bond motifs is 3. The molecule has 0 N–H and O–H groups in total. The smallest absolute Gasteiger partial charge is 0.192 e. The first-order chi connectivity index (χ1) is 9.19. The Bertz CT molecular complexity index is 820. The predicted octanol–water partition coefficient (Wildman–Crippen LogP) is 2.96. The third-order valence-corrected chi connectivity index (χ3v) is 3.86. The molecule has 2 heterocycles. The number of rotatable bonds is 2. The van der Waals surface area contributed by atoms with E-state index in [-0.39, 0.29) is 0 Å². The number of nitriles is 1. The van der Waals surface area contributed by atoms with Gasteiger partial charge in [-0.25, -0.2) is 9.97 Å². The van der Waals surface area contributed by atoms with Crippen LogP contribution in [0.15, 0.2) is 27.8 Å². The van der Waals surface area contributed by atoms with Crippen molar-refractivity contribution in [1.29, 1.82) is 5.26 Å². The summed E-state index contributed by atoms with van der Waals surface area (Å²) in [6.45, 7) is 1.84. The molecule has 0 saturated carbocycles. The van der Waals surface area contributed by atoms with Gasteiger partial charge >= 0.3 is 0 Å². The van der Waals surface area contributed by atoms with Crippen LogP contribution in [0.1, 0.15) is 5.82 Å². The summed E-state index contributed by atoms with van der Waals surface area (Å²) in [6.07, 6.45) is 0. The van der Waals surface area contributed by atoms with Crippen LogP contribution in [0, 0.1) is 18.3 Å². The molecule has 0 atom stereocenters. The van der Waals surface area contributed by atoms with Gasteiger partial charge in [0.05, 0.1) is 17.3 Å². The molecule has 0 aliphatic rings. The Morgan fingerprint density at radius 2 is 2.26 bits per heavy atom. The van der Waals surface area contributed by atoms with Gasteiger partial charge < -0.3 is 0 Å². The summed E-state index contributed by atoms with van der Waals surface area (Å²) >= 11 is 4.81. The van der Waals surface area contributed by atoms with E-state index in [0.717, 1.165) is 21.0 Å². The molecule has 0 bridgehead atoms. The molecule has 7 heteroatoms. The van der Waals surface area contributed by atoms with E-state index in [1.54, 1.807) is 4.52 Å². The molecule has 3 aromatic rings. The van der Waals surface area contributed by atoms with Crippen LogP contribution in [0.5, 0.6) is 0 Å². The number of hydrogen-bond donors (Lipinski definition) is 0. The van der Waals surface area contributed by atoms with Gasteiger partial charge in [0, 0.05) is 9.86 Å². The zero-order chi connectivity index (χ0) is 13.4. The van der Waals surface area contributed by atoms with Crippen LogP contribution in [-0.2, 0) is 0 Å². The number of halogens is 1. The summed E-state index contributed by atoms with van der Waals surface area (Å²) in [7, 11) is 0. The molecule has 0 unspecified atom stereocenters. The highest BCUT2D eigenvalue weighted by Crippen LogP contribution is 2.26. The lowest BCUT2D eigenvalue weighted by molar-refractivity contribution is 0.798. The van der Waals surface area contributed by atoms with Crippen molar-refractivity contribution < 1.29 is 0 Å². The maximum absolute atomic E-state index is 8.70. The minimum atomic E-state index is 0.336. The monoisotopic (exact) mass is 333 g/mol. The van der Waals surface area contributed by atoms with Crippen molar-refractivity contribution in [3.05, 3.63) is 28.5 Å². The van der Waals surface area contributed by atoms with E-state index in [9.17, 15) is 0 Å². The number of aromatic nitrogens is 4. The van der Waals surface area contributed by atoms with E-state index in [1.165, 1.54) is 11.8 Å². The molecule has 3 rings (SSSR count). The number of thioether (sulfide) groups is 1. The topological polar surface area (TPSA) is 66.9 Å². The summed E-state index contributed by atoms with van der Waals surface area (Å²) in [5, 5.41) is 14.7. The van der Waals surface area contributed by atoms with Gasteiger partial charge in [-0.05, 0) is 25.1 Å². The van der Waals surface area contributed by atoms with Gasteiger partial charge in [-0.3, -0.25) is 0 Å². The van der Waals surface area contributed by atoms with Crippen molar-refractivity contribution in [2.45, 2.75) is 12.1 Å². The van der Waals surface area contributed by atoms with Crippen molar-refractivity contribution in [3.8, 4) is 6.07 Å². The highest BCUT2D eigenvalue weighted by atomic mass is 79.9. The Hall–Kier alpha value is -1.65. The molecule has 0 fully saturated rings. The largest absolute Gasteiger partial charge is 0.222 e. The lowest BCUT2D eigenvalue weighted by Crippen LogP contribution is -1.98. The zero-order valence-corrected chi connectivity index (χ0v) is 12.4. The molecule has 0 spiro atoms. The summed E-state index contributed by atoms with van der Waals surface area (Å²) in [6, 6.07) is 7.94. The van der Waals surface area contributed by atoms with Gasteiger partial charge in [0.15, 0.2) is 10.8 Å². The van der Waals surface area contributed by atoms with E-state index in [4.69, 9.17) is 5.26 Å². The molecule has 5 nitrogen and oxygen atoms in total. The van der Waals surface area contributed by atoms with Gasteiger partial charge in [0.25, 0.3) is 0 Å². The molecule has 94 valence electrons. The summed E-state index contributed by atoms with van der Waals surface area (Å²) < 4.78 is 2.67. The van der Waals surface area contributed by atoms with Crippen LogP contribution in [-0.4, -0.2) is 25.3 Å². The average Bonchev–Trinajstić information content (AvgIpc) is 2.78. The van der Waals surface area contributed by atoms with Crippen molar-refractivity contribution in [2.75, 3.05) is 5.75 Å². The predicted molar refractivity (Wildman–Crippen MR) is 77.1 cm³/mol. The molecule has 0 aliphatic heterocycles. The van der Waals surface area contributed by atoms with Crippen LogP contribution in [0.4, 0.5) is 0 Å². The van der Waals surface area contributed by atoms with Gasteiger partial charge in [-0.1, -0.05) is 27.7 Å². The highest BCUT2D eigenvalue weighted by molar-refractivity contribution is 9.10. The first-order valence-electron chi connectivity index (χ1n) is 5.51. The second-order valence-electron chi connectivity index (χ2n) is 3.90. The number of nitrogens with zero attached hydrogens (tertiary/aromatic N) is 5. The van der Waals surface area contributed by atoms with Crippen LogP contribution in [0.3, 0.4) is 0 Å². The molecule has 2 aromatic heterocycles. The minimum absolute atomic E-state index is 0.336. The van der Waals surface area contributed by atoms with Crippen molar-refractivity contribution in [2.24, 2.45) is 0 Å². The first-order valence-corrected chi connectivity index (χ1v) is 7.29. The average molecular weight is 334 g/mol. The summed E-state index contributed by atoms with van der Waals surface area (Å²) in [5.74, 6) is 1.02. The quantitative estimate of drug-likeness (QED) is 0.532. The molecule has 0 amide bonds. The zero-order valence-electron chi connectivity index (χ0n) is 9.96. The van der Waals surface area contributed by atoms with E-state index >= 15 is 0 Å². The van der Waals surface area contributed by atoms with Crippen LogP contribution < -0.4 is 0 Å². The minimum Gasteiger partial charge on any atom is -0.222 e. The first kappa shape index (κ1) is 12.4. The van der Waals surface area contributed by atoms with E-state index in [2.05, 4.69) is 37.1 Å². The van der Waals surface area contributed by atoms with Crippen LogP contribution >= 0.6 is 27.7 Å². The maximum atomic E-state index is 8.70. The van der Waals surface area contributed by atoms with E-state index in [0.29, 0.717) is 16.7 Å². The van der Waals surface area contributed by atoms with E-state index < -0.39 is 0 Å². The third kappa shape index (κ3) is 2.17. The second kappa shape index (κ2) is 4.79. The molecular weight excluding hydrogens is 326 g/mol. The van der Waals surface area contributed by atoms with Gasteiger partial charge in [-0.2, -0.15) is 9.78 Å². The molecule has 19 heavy (non-hydrogen) atoms. The van der Waals surface area contributed by atoms with Crippen molar-refractivity contribution in [1.82, 2.24) is 19.6 Å². The Morgan fingerprint density at radius 1 is 1.42 bits per heavy atom. The van der Waals surface area contributed by atoms with Crippen molar-refractivity contribution >= 4 is 44.2 Å². The molecule has 0 saturated heterocycles. The lowest BCUT2D eigenvalue weighted by atomic mass is 10.2. The third-order valence-electron chi connectivity index (χ3n) is 2.58. The fraction of sp³-hybridized carbons (Fsp3) is 0.167. The van der Waals surface area contributed by atoms with Crippen LogP contribution in [0.2, 0.25) is 0 Å². The highest BCUT2D eigenvalue weighted by Gasteiger charge is 2.12. The fourth-order valence-electron chi connectivity index (χ4n) is 1.85. The fourth-order valence-corrected chi connectivity index (χ4v) is 2.82. The Balaban J connectivity index is 2.36. The lowest BCUT2D eigenvalue weighted by Gasteiger charge is -2.04.